The fourth-order valence-electron chi connectivity index (χ4n) is 3.09. The zero-order valence-corrected chi connectivity index (χ0v) is 16.4. The molecule has 0 saturated carbocycles. The van der Waals surface area contributed by atoms with Crippen LogP contribution in [0.5, 0.6) is 11.5 Å². The monoisotopic (exact) mass is 405 g/mol. The SMILES string of the molecule is COc1ccc(-c2cc(-c3ccc(OC)cc3)n(Cn3ccc([N+](=O)[O-])n3)n2)cc1. The molecule has 0 aliphatic rings. The van der Waals surface area contributed by atoms with Crippen LogP contribution in [0.3, 0.4) is 0 Å². The molecule has 0 saturated heterocycles. The van der Waals surface area contributed by atoms with Gasteiger partial charge in [0.15, 0.2) is 6.67 Å². The molecule has 30 heavy (non-hydrogen) atoms. The summed E-state index contributed by atoms with van der Waals surface area (Å²) in [6, 6.07) is 18.6. The van der Waals surface area contributed by atoms with Crippen LogP contribution in [0.4, 0.5) is 5.82 Å². The Labute approximate surface area is 172 Å². The van der Waals surface area contributed by atoms with Gasteiger partial charge in [-0.2, -0.15) is 9.78 Å². The Balaban J connectivity index is 1.74. The first-order valence-electron chi connectivity index (χ1n) is 9.12. The van der Waals surface area contributed by atoms with Crippen molar-refractivity contribution < 1.29 is 14.4 Å². The fourth-order valence-corrected chi connectivity index (χ4v) is 3.09. The van der Waals surface area contributed by atoms with E-state index >= 15 is 0 Å². The van der Waals surface area contributed by atoms with Gasteiger partial charge in [0, 0.05) is 11.1 Å². The second-order valence-corrected chi connectivity index (χ2v) is 6.48. The average Bonchev–Trinajstić information content (AvgIpc) is 3.42. The minimum atomic E-state index is -0.521. The number of hydrogen-bond donors (Lipinski definition) is 0. The van der Waals surface area contributed by atoms with Crippen LogP contribution >= 0.6 is 0 Å². The van der Waals surface area contributed by atoms with Crippen LogP contribution < -0.4 is 9.47 Å². The molecule has 9 heteroatoms. The normalized spacial score (nSPS) is 10.7. The van der Waals surface area contributed by atoms with Gasteiger partial charge in [0.2, 0.25) is 0 Å². The summed E-state index contributed by atoms with van der Waals surface area (Å²) in [6.07, 6.45) is 1.56. The number of nitro groups is 1. The van der Waals surface area contributed by atoms with E-state index in [2.05, 4.69) is 5.10 Å². The Hall–Kier alpha value is -4.14. The highest BCUT2D eigenvalue weighted by molar-refractivity contribution is 5.69. The number of benzene rings is 2. The highest BCUT2D eigenvalue weighted by Gasteiger charge is 2.16. The predicted molar refractivity (Wildman–Crippen MR) is 110 cm³/mol. The Morgan fingerprint density at radius 2 is 1.50 bits per heavy atom. The maximum Gasteiger partial charge on any atom is 0.389 e. The Kier molecular flexibility index (Phi) is 5.17. The van der Waals surface area contributed by atoms with Gasteiger partial charge in [0.25, 0.3) is 0 Å². The predicted octanol–water partition coefficient (Wildman–Crippen LogP) is 3.84. The lowest BCUT2D eigenvalue weighted by molar-refractivity contribution is -0.389. The molecule has 2 aromatic carbocycles. The molecule has 0 unspecified atom stereocenters. The largest absolute Gasteiger partial charge is 0.497 e. The number of methoxy groups -OCH3 is 2. The molecule has 0 atom stereocenters. The summed E-state index contributed by atoms with van der Waals surface area (Å²) >= 11 is 0. The van der Waals surface area contributed by atoms with Crippen molar-refractivity contribution in [3.8, 4) is 34.0 Å². The third-order valence-corrected chi connectivity index (χ3v) is 4.64. The summed E-state index contributed by atoms with van der Waals surface area (Å²) in [5, 5.41) is 19.7. The van der Waals surface area contributed by atoms with Gasteiger partial charge in [-0.05, 0) is 59.5 Å². The maximum atomic E-state index is 10.9. The van der Waals surface area contributed by atoms with Crippen molar-refractivity contribution in [2.45, 2.75) is 6.67 Å². The van der Waals surface area contributed by atoms with E-state index in [1.54, 1.807) is 25.1 Å². The zero-order valence-electron chi connectivity index (χ0n) is 16.4. The second kappa shape index (κ2) is 8.08. The molecule has 152 valence electrons. The van der Waals surface area contributed by atoms with Crippen LogP contribution in [0.1, 0.15) is 0 Å². The van der Waals surface area contributed by atoms with Gasteiger partial charge in [-0.25, -0.2) is 4.68 Å². The maximum absolute atomic E-state index is 10.9. The summed E-state index contributed by atoms with van der Waals surface area (Å²) < 4.78 is 13.7. The molecule has 0 radical (unpaired) electrons. The van der Waals surface area contributed by atoms with Gasteiger partial charge in [0.05, 0.1) is 43.0 Å². The van der Waals surface area contributed by atoms with E-state index in [-0.39, 0.29) is 12.5 Å². The van der Waals surface area contributed by atoms with Crippen LogP contribution in [-0.4, -0.2) is 38.7 Å². The van der Waals surface area contributed by atoms with Crippen molar-refractivity contribution in [2.24, 2.45) is 0 Å². The first-order valence-corrected chi connectivity index (χ1v) is 9.12. The topological polar surface area (TPSA) is 97.2 Å². The van der Waals surface area contributed by atoms with E-state index < -0.39 is 4.92 Å². The first-order chi connectivity index (χ1) is 14.6. The molecule has 0 fully saturated rings. The van der Waals surface area contributed by atoms with Crippen molar-refractivity contribution in [1.82, 2.24) is 19.6 Å². The van der Waals surface area contributed by atoms with Gasteiger partial charge >= 0.3 is 5.82 Å². The Bertz CT molecular complexity index is 1160. The van der Waals surface area contributed by atoms with E-state index in [9.17, 15) is 10.1 Å². The number of nitrogens with zero attached hydrogens (tertiary/aromatic N) is 5. The summed E-state index contributed by atoms with van der Waals surface area (Å²) in [7, 11) is 3.24. The molecule has 0 amide bonds. The van der Waals surface area contributed by atoms with Crippen molar-refractivity contribution in [2.75, 3.05) is 14.2 Å². The number of ether oxygens (including phenoxy) is 2. The van der Waals surface area contributed by atoms with E-state index in [0.717, 1.165) is 34.0 Å². The molecule has 0 aliphatic heterocycles. The number of aromatic nitrogens is 4. The summed E-state index contributed by atoms with van der Waals surface area (Å²) in [5.74, 6) is 1.31. The summed E-state index contributed by atoms with van der Waals surface area (Å²) in [5.41, 5.74) is 3.48. The molecule has 2 heterocycles. The standard InChI is InChI=1S/C21H19N5O4/c1-29-17-7-3-15(4-8-17)19-13-20(16-5-9-18(30-2)10-6-16)25(22-19)14-24-12-11-21(23-24)26(27)28/h3-13H,14H2,1-2H3. The molecular formula is C21H19N5O4. The summed E-state index contributed by atoms with van der Waals surface area (Å²) in [4.78, 5) is 10.4. The number of hydrogen-bond acceptors (Lipinski definition) is 6. The van der Waals surface area contributed by atoms with Crippen LogP contribution in [-0.2, 0) is 6.67 Å². The highest BCUT2D eigenvalue weighted by atomic mass is 16.6. The second-order valence-electron chi connectivity index (χ2n) is 6.48. The molecule has 4 aromatic rings. The molecular weight excluding hydrogens is 386 g/mol. The molecule has 0 aliphatic carbocycles. The van der Waals surface area contributed by atoms with Crippen LogP contribution in [0.15, 0.2) is 66.9 Å². The van der Waals surface area contributed by atoms with Crippen molar-refractivity contribution in [3.63, 3.8) is 0 Å². The third kappa shape index (κ3) is 3.86. The van der Waals surface area contributed by atoms with Crippen LogP contribution in [0, 0.1) is 10.1 Å². The van der Waals surface area contributed by atoms with E-state index in [0.29, 0.717) is 0 Å². The quantitative estimate of drug-likeness (QED) is 0.342. The van der Waals surface area contributed by atoms with Gasteiger partial charge in [0.1, 0.15) is 11.5 Å². The lowest BCUT2D eigenvalue weighted by atomic mass is 10.1. The van der Waals surface area contributed by atoms with Crippen molar-refractivity contribution in [3.05, 3.63) is 77.0 Å². The van der Waals surface area contributed by atoms with Gasteiger partial charge < -0.3 is 19.6 Å². The molecule has 9 nitrogen and oxygen atoms in total. The minimum absolute atomic E-state index is 0.205. The average molecular weight is 405 g/mol. The van der Waals surface area contributed by atoms with E-state index in [1.165, 1.54) is 10.7 Å². The van der Waals surface area contributed by atoms with E-state index in [1.807, 2.05) is 54.6 Å². The van der Waals surface area contributed by atoms with Gasteiger partial charge in [-0.15, -0.1) is 0 Å². The minimum Gasteiger partial charge on any atom is -0.497 e. The molecule has 4 rings (SSSR count). The van der Waals surface area contributed by atoms with E-state index in [4.69, 9.17) is 14.6 Å². The first kappa shape index (κ1) is 19.2. The van der Waals surface area contributed by atoms with Gasteiger partial charge in [-0.3, -0.25) is 0 Å². The fraction of sp³-hybridized carbons (Fsp3) is 0.143. The highest BCUT2D eigenvalue weighted by Crippen LogP contribution is 2.29. The molecule has 0 bridgehead atoms. The van der Waals surface area contributed by atoms with Crippen LogP contribution in [0.2, 0.25) is 0 Å². The molecule has 0 spiro atoms. The summed E-state index contributed by atoms with van der Waals surface area (Å²) in [6.45, 7) is 0.228. The van der Waals surface area contributed by atoms with Crippen LogP contribution in [0.25, 0.3) is 22.5 Å². The Morgan fingerprint density at radius 3 is 2.03 bits per heavy atom. The third-order valence-electron chi connectivity index (χ3n) is 4.64. The lowest BCUT2D eigenvalue weighted by Gasteiger charge is -2.07. The van der Waals surface area contributed by atoms with Crippen molar-refractivity contribution in [1.29, 1.82) is 0 Å². The lowest BCUT2D eigenvalue weighted by Crippen LogP contribution is -2.11. The Morgan fingerprint density at radius 1 is 0.900 bits per heavy atom. The number of rotatable bonds is 7. The zero-order chi connectivity index (χ0) is 21.1. The van der Waals surface area contributed by atoms with Gasteiger partial charge in [-0.1, -0.05) is 0 Å². The smallest absolute Gasteiger partial charge is 0.389 e. The molecule has 2 aromatic heterocycles. The van der Waals surface area contributed by atoms with Crippen molar-refractivity contribution >= 4 is 5.82 Å². The molecule has 0 N–H and O–H groups in total.